The fourth-order valence-corrected chi connectivity index (χ4v) is 3.26. The lowest BCUT2D eigenvalue weighted by Gasteiger charge is -2.13. The molecule has 0 unspecified atom stereocenters. The number of esters is 1. The molecule has 0 radical (unpaired) electrons. The Morgan fingerprint density at radius 1 is 0.944 bits per heavy atom. The zero-order valence-electron chi connectivity index (χ0n) is 20.6. The second kappa shape index (κ2) is 14.5. The number of rotatable bonds is 11. The molecule has 2 aromatic rings. The Kier molecular flexibility index (Phi) is 11.5. The van der Waals surface area contributed by atoms with Crippen molar-refractivity contribution in [2.24, 2.45) is 11.8 Å². The lowest BCUT2D eigenvalue weighted by Crippen LogP contribution is -2.17. The molecule has 2 rings (SSSR count). The Balaban J connectivity index is 2.18. The van der Waals surface area contributed by atoms with Gasteiger partial charge in [-0.1, -0.05) is 39.8 Å². The van der Waals surface area contributed by atoms with Gasteiger partial charge in [-0.2, -0.15) is 5.26 Å². The molecule has 0 bridgehead atoms. The third-order valence-corrected chi connectivity index (χ3v) is 5.17. The number of carbonyl (C=O) groups excluding carboxylic acids is 3. The first-order valence-electron chi connectivity index (χ1n) is 11.3. The van der Waals surface area contributed by atoms with Crippen LogP contribution < -0.4 is 9.47 Å². The second-order valence-electron chi connectivity index (χ2n) is 8.46. The molecule has 0 aliphatic rings. The van der Waals surface area contributed by atoms with Crippen LogP contribution in [-0.4, -0.2) is 38.1 Å². The number of hydrogen-bond acceptors (Lipinski definition) is 10. The van der Waals surface area contributed by atoms with Crippen LogP contribution in [0.2, 0.25) is 0 Å². The summed E-state index contributed by atoms with van der Waals surface area (Å²) >= 11 is 1.54. The van der Waals surface area contributed by atoms with Gasteiger partial charge in [0.25, 0.3) is 0 Å². The van der Waals surface area contributed by atoms with E-state index in [1.807, 2.05) is 51.3 Å². The summed E-state index contributed by atoms with van der Waals surface area (Å²) in [7, 11) is 0. The third kappa shape index (κ3) is 10.2. The summed E-state index contributed by atoms with van der Waals surface area (Å²) in [4.78, 5) is 37.6. The van der Waals surface area contributed by atoms with Crippen molar-refractivity contribution in [1.29, 1.82) is 5.26 Å². The van der Waals surface area contributed by atoms with E-state index in [-0.39, 0.29) is 48.7 Å². The van der Waals surface area contributed by atoms with Gasteiger partial charge in [0.15, 0.2) is 11.5 Å². The number of carbonyl (C=O) groups is 3. The quantitative estimate of drug-likeness (QED) is 0.120. The molecule has 1 aromatic carbocycles. The lowest BCUT2D eigenvalue weighted by molar-refractivity contribution is -0.138. The number of nitrogens with zero attached hydrogens (tertiary/aromatic N) is 1. The molecule has 0 spiro atoms. The normalized spacial score (nSPS) is 11.1. The molecule has 192 valence electrons. The zero-order chi connectivity index (χ0) is 26.5. The number of benzene rings is 1. The molecular weight excluding hydrogens is 486 g/mol. The third-order valence-electron chi connectivity index (χ3n) is 4.24. The van der Waals surface area contributed by atoms with E-state index in [0.29, 0.717) is 12.0 Å². The molecule has 0 N–H and O–H groups in total. The first-order chi connectivity index (χ1) is 17.2. The fraction of sp³-hybridized carbons (Fsp3) is 0.385. The molecule has 9 nitrogen and oxygen atoms in total. The van der Waals surface area contributed by atoms with Gasteiger partial charge in [-0.15, -0.1) is 11.3 Å². The van der Waals surface area contributed by atoms with E-state index >= 15 is 0 Å². The van der Waals surface area contributed by atoms with Gasteiger partial charge in [-0.05, 0) is 47.1 Å². The molecule has 0 saturated carbocycles. The highest BCUT2D eigenvalue weighted by Crippen LogP contribution is 2.30. The van der Waals surface area contributed by atoms with Crippen LogP contribution in [0, 0.1) is 23.2 Å². The van der Waals surface area contributed by atoms with Gasteiger partial charge < -0.3 is 23.7 Å². The van der Waals surface area contributed by atoms with Gasteiger partial charge >= 0.3 is 18.3 Å². The second-order valence-corrected chi connectivity index (χ2v) is 9.49. The molecular formula is C26H29NO8S. The maximum atomic E-state index is 12.4. The van der Waals surface area contributed by atoms with Crippen LogP contribution in [0.3, 0.4) is 0 Å². The summed E-state index contributed by atoms with van der Waals surface area (Å²) in [5.41, 5.74) is 0.0795. The van der Waals surface area contributed by atoms with Crippen molar-refractivity contribution in [2.45, 2.75) is 34.1 Å². The van der Waals surface area contributed by atoms with E-state index in [9.17, 15) is 19.6 Å². The predicted octanol–water partition coefficient (Wildman–Crippen LogP) is 5.78. The Hall–Kier alpha value is -3.84. The summed E-state index contributed by atoms with van der Waals surface area (Å²) in [6.45, 7) is 7.86. The molecule has 1 aromatic heterocycles. The minimum Gasteiger partial charge on any atom is -0.461 e. The smallest absolute Gasteiger partial charge is 0.461 e. The maximum Gasteiger partial charge on any atom is 0.513 e. The number of thiophene rings is 1. The minimum atomic E-state index is -1.00. The van der Waals surface area contributed by atoms with Crippen molar-refractivity contribution >= 4 is 35.7 Å². The van der Waals surface area contributed by atoms with Gasteiger partial charge in [-0.25, -0.2) is 14.4 Å². The van der Waals surface area contributed by atoms with E-state index in [0.717, 1.165) is 4.88 Å². The SMILES string of the molecule is CC(C)COC(=O)Oc1ccc(C=C(C#N)C(=O)OCCc2cccs2)cc1OC(=O)OCC(C)C. The standard InChI is InChI=1S/C26H29NO8S/c1-17(2)15-32-25(29)34-22-8-7-19(13-23(22)35-26(30)33-16-18(3)4)12-20(14-27)24(28)31-10-9-21-6-5-11-36-21/h5-8,11-13,17-18H,9-10,15-16H2,1-4H3. The van der Waals surface area contributed by atoms with Gasteiger partial charge in [0.1, 0.15) is 11.6 Å². The summed E-state index contributed by atoms with van der Waals surface area (Å²) in [6, 6.07) is 9.80. The van der Waals surface area contributed by atoms with Gasteiger partial charge in [0.05, 0.1) is 19.8 Å². The van der Waals surface area contributed by atoms with Crippen molar-refractivity contribution < 1.29 is 38.1 Å². The first kappa shape index (κ1) is 28.4. The molecule has 36 heavy (non-hydrogen) atoms. The molecule has 0 aliphatic carbocycles. The predicted molar refractivity (Wildman–Crippen MR) is 133 cm³/mol. The van der Waals surface area contributed by atoms with Crippen LogP contribution in [0.15, 0.2) is 41.3 Å². The average Bonchev–Trinajstić information content (AvgIpc) is 3.35. The Bertz CT molecular complexity index is 1100. The molecule has 0 saturated heterocycles. The monoisotopic (exact) mass is 515 g/mol. The molecule has 10 heteroatoms. The Morgan fingerprint density at radius 2 is 1.58 bits per heavy atom. The molecule has 0 fully saturated rings. The van der Waals surface area contributed by atoms with Crippen LogP contribution >= 0.6 is 11.3 Å². The van der Waals surface area contributed by atoms with Crippen molar-refractivity contribution in [3.05, 3.63) is 51.7 Å². The highest BCUT2D eigenvalue weighted by molar-refractivity contribution is 7.09. The summed E-state index contributed by atoms with van der Waals surface area (Å²) < 4.78 is 25.6. The van der Waals surface area contributed by atoms with Gasteiger partial charge in [0, 0.05) is 11.3 Å². The highest BCUT2D eigenvalue weighted by Gasteiger charge is 2.18. The summed E-state index contributed by atoms with van der Waals surface area (Å²) in [6.07, 6.45) is -0.156. The van der Waals surface area contributed by atoms with Crippen LogP contribution in [0.5, 0.6) is 11.5 Å². The zero-order valence-corrected chi connectivity index (χ0v) is 21.5. The lowest BCUT2D eigenvalue weighted by atomic mass is 10.1. The first-order valence-corrected chi connectivity index (χ1v) is 12.2. The highest BCUT2D eigenvalue weighted by atomic mass is 32.1. The summed E-state index contributed by atoms with van der Waals surface area (Å²) in [5.74, 6) is -0.855. The van der Waals surface area contributed by atoms with Crippen molar-refractivity contribution in [3.8, 4) is 17.6 Å². The minimum absolute atomic E-state index is 0.0811. The number of ether oxygens (including phenoxy) is 5. The van der Waals surface area contributed by atoms with E-state index in [1.165, 1.54) is 24.3 Å². The molecule has 0 aliphatic heterocycles. The van der Waals surface area contributed by atoms with Crippen LogP contribution in [0.1, 0.15) is 38.1 Å². The molecule has 0 atom stereocenters. The topological polar surface area (TPSA) is 121 Å². The maximum absolute atomic E-state index is 12.4. The molecule has 0 amide bonds. The van der Waals surface area contributed by atoms with Gasteiger partial charge in [0.2, 0.25) is 0 Å². The van der Waals surface area contributed by atoms with Crippen LogP contribution in [0.4, 0.5) is 9.59 Å². The Morgan fingerprint density at radius 3 is 2.14 bits per heavy atom. The van der Waals surface area contributed by atoms with E-state index in [1.54, 1.807) is 11.3 Å². The number of nitriles is 1. The van der Waals surface area contributed by atoms with Crippen LogP contribution in [0.25, 0.3) is 6.08 Å². The van der Waals surface area contributed by atoms with E-state index < -0.39 is 18.3 Å². The van der Waals surface area contributed by atoms with Gasteiger partial charge in [-0.3, -0.25) is 0 Å². The average molecular weight is 516 g/mol. The van der Waals surface area contributed by atoms with Crippen molar-refractivity contribution in [3.63, 3.8) is 0 Å². The van der Waals surface area contributed by atoms with Crippen molar-refractivity contribution in [1.82, 2.24) is 0 Å². The van der Waals surface area contributed by atoms with E-state index in [2.05, 4.69) is 0 Å². The van der Waals surface area contributed by atoms with Crippen molar-refractivity contribution in [2.75, 3.05) is 19.8 Å². The van der Waals surface area contributed by atoms with Crippen LogP contribution in [-0.2, 0) is 25.4 Å². The van der Waals surface area contributed by atoms with E-state index in [4.69, 9.17) is 23.7 Å². The molecule has 1 heterocycles. The summed E-state index contributed by atoms with van der Waals surface area (Å²) in [5, 5.41) is 11.4. The Labute approximate surface area is 214 Å². The largest absolute Gasteiger partial charge is 0.513 e. The number of hydrogen-bond donors (Lipinski definition) is 0. The fourth-order valence-electron chi connectivity index (χ4n) is 2.57.